The minimum absolute atomic E-state index is 0.0481. The Kier molecular flexibility index (Phi) is 8.89. The highest BCUT2D eigenvalue weighted by molar-refractivity contribution is 5.99. The zero-order valence-corrected chi connectivity index (χ0v) is 23.6. The molecule has 238 valence electrons. The summed E-state index contributed by atoms with van der Waals surface area (Å²) in [7, 11) is 1.26. The first kappa shape index (κ1) is 31.3. The molecule has 0 spiro atoms. The molecule has 3 aliphatic rings. The van der Waals surface area contributed by atoms with Crippen LogP contribution in [-0.4, -0.2) is 48.5 Å². The number of carboxylic acids is 1. The van der Waals surface area contributed by atoms with Gasteiger partial charge in [0, 0.05) is 12.1 Å². The average Bonchev–Trinajstić information content (AvgIpc) is 3.57. The van der Waals surface area contributed by atoms with Gasteiger partial charge in [-0.05, 0) is 75.0 Å². The molecule has 4 atom stereocenters. The number of aliphatic carboxylic acids is 1. The number of ether oxygens (including phenoxy) is 3. The fourth-order valence-electron chi connectivity index (χ4n) is 6.71. The number of nitrogens with one attached hydrogen (secondary N) is 2. The smallest absolute Gasteiger partial charge is 0.496 e. The van der Waals surface area contributed by atoms with Crippen molar-refractivity contribution in [1.29, 1.82) is 0 Å². The first-order valence-electron chi connectivity index (χ1n) is 14.3. The molecule has 2 aromatic rings. The Hall–Kier alpha value is -4.10. The van der Waals surface area contributed by atoms with Gasteiger partial charge in [-0.3, -0.25) is 14.4 Å². The number of halogens is 5. The highest BCUT2D eigenvalue weighted by Crippen LogP contribution is 2.49. The molecule has 44 heavy (non-hydrogen) atoms. The molecule has 5 rings (SSSR count). The number of anilines is 1. The van der Waals surface area contributed by atoms with Crippen molar-refractivity contribution in [2.75, 3.05) is 12.4 Å². The summed E-state index contributed by atoms with van der Waals surface area (Å²) >= 11 is 0. The zero-order chi connectivity index (χ0) is 31.8. The van der Waals surface area contributed by atoms with Crippen LogP contribution in [0.1, 0.15) is 55.3 Å². The fourth-order valence-corrected chi connectivity index (χ4v) is 6.71. The van der Waals surface area contributed by atoms with Crippen LogP contribution in [0.4, 0.5) is 27.6 Å². The van der Waals surface area contributed by atoms with Gasteiger partial charge in [-0.1, -0.05) is 6.07 Å². The van der Waals surface area contributed by atoms with Crippen LogP contribution < -0.4 is 24.8 Å². The molecule has 9 nitrogen and oxygen atoms in total. The van der Waals surface area contributed by atoms with Crippen molar-refractivity contribution >= 4 is 23.5 Å². The number of hydrogen-bond acceptors (Lipinski definition) is 6. The molecule has 0 aliphatic heterocycles. The van der Waals surface area contributed by atoms with Crippen LogP contribution in [0.25, 0.3) is 0 Å². The zero-order valence-electron chi connectivity index (χ0n) is 23.6. The van der Waals surface area contributed by atoms with Gasteiger partial charge in [0.1, 0.15) is 5.75 Å². The second-order valence-corrected chi connectivity index (χ2v) is 11.4. The summed E-state index contributed by atoms with van der Waals surface area (Å²) < 4.78 is 82.4. The third-order valence-corrected chi connectivity index (χ3v) is 8.78. The molecule has 3 saturated carbocycles. The molecule has 14 heteroatoms. The lowest BCUT2D eigenvalue weighted by molar-refractivity contribution is -0.275. The highest BCUT2D eigenvalue weighted by Gasteiger charge is 2.51. The van der Waals surface area contributed by atoms with Crippen molar-refractivity contribution in [2.24, 2.45) is 23.7 Å². The monoisotopic (exact) mass is 626 g/mol. The Labute approximate surface area is 249 Å². The van der Waals surface area contributed by atoms with Crippen LogP contribution in [0.15, 0.2) is 30.3 Å². The molecule has 3 aliphatic carbocycles. The van der Waals surface area contributed by atoms with E-state index in [4.69, 9.17) is 9.47 Å². The largest absolute Gasteiger partial charge is 0.573 e. The number of alkyl halides is 3. The topological polar surface area (TPSA) is 123 Å². The Morgan fingerprint density at radius 2 is 1.64 bits per heavy atom. The van der Waals surface area contributed by atoms with E-state index in [0.717, 1.165) is 30.7 Å². The lowest BCUT2D eigenvalue weighted by Crippen LogP contribution is -2.48. The number of rotatable bonds is 9. The molecule has 3 N–H and O–H groups in total. The van der Waals surface area contributed by atoms with Gasteiger partial charge < -0.3 is 30.0 Å². The predicted molar refractivity (Wildman–Crippen MR) is 144 cm³/mol. The summed E-state index contributed by atoms with van der Waals surface area (Å²) in [5, 5.41) is 14.4. The average molecular weight is 627 g/mol. The van der Waals surface area contributed by atoms with Gasteiger partial charge in [-0.15, -0.1) is 13.2 Å². The van der Waals surface area contributed by atoms with Crippen molar-refractivity contribution in [3.63, 3.8) is 0 Å². The standard InChI is InChI=1S/C30H31F5N2O7/c1-42-22-13-19(31)23(43-17-9-7-14(8-10-17)29(40)41)12-18(22)27(38)37-26-16-6-5-15(11-16)24(26)28(39)36-20-3-2-4-21(25(20)32)44-30(33,34)35/h2-4,12-17,24,26H,5-11H2,1H3,(H,36,39)(H,37,38)(H,40,41). The van der Waals surface area contributed by atoms with Crippen LogP contribution in [0, 0.1) is 35.3 Å². The molecular formula is C30H31F5N2O7. The van der Waals surface area contributed by atoms with Crippen LogP contribution in [-0.2, 0) is 9.59 Å². The molecule has 2 aromatic carbocycles. The van der Waals surface area contributed by atoms with E-state index < -0.39 is 71.2 Å². The van der Waals surface area contributed by atoms with Crippen molar-refractivity contribution in [2.45, 2.75) is 63.5 Å². The van der Waals surface area contributed by atoms with Crippen LogP contribution >= 0.6 is 0 Å². The number of fused-ring (bicyclic) bond motifs is 2. The molecule has 0 saturated heterocycles. The summed E-state index contributed by atoms with van der Waals surface area (Å²) in [5.74, 6) is -7.29. The number of amides is 2. The Morgan fingerprint density at radius 1 is 0.932 bits per heavy atom. The van der Waals surface area contributed by atoms with Crippen molar-refractivity contribution in [3.8, 4) is 17.2 Å². The minimum Gasteiger partial charge on any atom is -0.496 e. The van der Waals surface area contributed by atoms with E-state index >= 15 is 0 Å². The van der Waals surface area contributed by atoms with E-state index in [1.54, 1.807) is 0 Å². The van der Waals surface area contributed by atoms with E-state index in [2.05, 4.69) is 15.4 Å². The molecule has 3 fully saturated rings. The number of carbonyl (C=O) groups is 3. The predicted octanol–water partition coefficient (Wildman–Crippen LogP) is 5.68. The van der Waals surface area contributed by atoms with Crippen LogP contribution in [0.2, 0.25) is 0 Å². The van der Waals surface area contributed by atoms with Gasteiger partial charge in [0.05, 0.1) is 36.3 Å². The Bertz CT molecular complexity index is 1430. The maximum atomic E-state index is 14.9. The molecule has 0 aromatic heterocycles. The van der Waals surface area contributed by atoms with Gasteiger partial charge in [0.2, 0.25) is 5.91 Å². The number of methoxy groups -OCH3 is 1. The molecular weight excluding hydrogens is 595 g/mol. The summed E-state index contributed by atoms with van der Waals surface area (Å²) in [6.45, 7) is 0. The number of carbonyl (C=O) groups excluding carboxylic acids is 2. The highest BCUT2D eigenvalue weighted by atomic mass is 19.4. The third-order valence-electron chi connectivity index (χ3n) is 8.78. The van der Waals surface area contributed by atoms with E-state index in [1.165, 1.54) is 13.2 Å². The third kappa shape index (κ3) is 6.68. The van der Waals surface area contributed by atoms with E-state index in [-0.39, 0.29) is 28.9 Å². The number of carboxylic acid groups (broad SMARTS) is 1. The molecule has 2 bridgehead atoms. The van der Waals surface area contributed by atoms with Gasteiger partial charge >= 0.3 is 12.3 Å². The first-order valence-corrected chi connectivity index (χ1v) is 14.3. The second-order valence-electron chi connectivity index (χ2n) is 11.4. The van der Waals surface area contributed by atoms with Gasteiger partial charge in [0.25, 0.3) is 5.91 Å². The SMILES string of the molecule is COc1cc(F)c(OC2CCC(C(=O)O)CC2)cc1C(=O)NC1C2CCC(C2)C1C(=O)Nc1cccc(OC(F)(F)F)c1F. The van der Waals surface area contributed by atoms with Gasteiger partial charge in [-0.2, -0.15) is 0 Å². The van der Waals surface area contributed by atoms with Crippen molar-refractivity contribution < 1.29 is 55.7 Å². The van der Waals surface area contributed by atoms with Crippen molar-refractivity contribution in [1.82, 2.24) is 5.32 Å². The summed E-state index contributed by atoms with van der Waals surface area (Å²) in [4.78, 5) is 38.1. The lowest BCUT2D eigenvalue weighted by Gasteiger charge is -2.31. The number of hydrogen-bond donors (Lipinski definition) is 3. The van der Waals surface area contributed by atoms with Crippen LogP contribution in [0.5, 0.6) is 17.2 Å². The van der Waals surface area contributed by atoms with E-state index in [0.29, 0.717) is 38.5 Å². The number of benzene rings is 2. The second kappa shape index (κ2) is 12.5. The molecule has 4 unspecified atom stereocenters. The molecule has 0 radical (unpaired) electrons. The summed E-state index contributed by atoms with van der Waals surface area (Å²) in [6.07, 6.45) is -2.01. The summed E-state index contributed by atoms with van der Waals surface area (Å²) in [6, 6.07) is 4.53. The Morgan fingerprint density at radius 3 is 2.30 bits per heavy atom. The normalized spacial score (nSPS) is 26.1. The van der Waals surface area contributed by atoms with Crippen molar-refractivity contribution in [3.05, 3.63) is 47.5 Å². The van der Waals surface area contributed by atoms with Crippen LogP contribution in [0.3, 0.4) is 0 Å². The maximum absolute atomic E-state index is 14.9. The maximum Gasteiger partial charge on any atom is 0.573 e. The summed E-state index contributed by atoms with van der Waals surface area (Å²) in [5.41, 5.74) is -0.544. The molecule has 0 heterocycles. The fraction of sp³-hybridized carbons (Fsp3) is 0.500. The van der Waals surface area contributed by atoms with Gasteiger partial charge in [0.15, 0.2) is 23.1 Å². The van der Waals surface area contributed by atoms with Gasteiger partial charge in [-0.25, -0.2) is 8.78 Å². The lowest BCUT2D eigenvalue weighted by atomic mass is 9.83. The quantitative estimate of drug-likeness (QED) is 0.306. The van der Waals surface area contributed by atoms with E-state index in [1.807, 2.05) is 0 Å². The minimum atomic E-state index is -5.13. The van der Waals surface area contributed by atoms with E-state index in [9.17, 15) is 41.4 Å². The first-order chi connectivity index (χ1) is 20.8. The Balaban J connectivity index is 1.32. The molecule has 2 amide bonds.